The van der Waals surface area contributed by atoms with E-state index in [1.54, 1.807) is 26.0 Å². The maximum atomic E-state index is 13.1. The summed E-state index contributed by atoms with van der Waals surface area (Å²) < 4.78 is 37.1. The molecule has 0 saturated heterocycles. The largest absolute Gasteiger partial charge is 0.392 e. The predicted octanol–water partition coefficient (Wildman–Crippen LogP) is 3.31. The first-order chi connectivity index (χ1) is 9.92. The van der Waals surface area contributed by atoms with Gasteiger partial charge in [-0.3, -0.25) is 4.57 Å². The van der Waals surface area contributed by atoms with Gasteiger partial charge in [0.1, 0.15) is 5.82 Å². The third-order valence-electron chi connectivity index (χ3n) is 3.00. The van der Waals surface area contributed by atoms with Crippen molar-refractivity contribution in [2.75, 3.05) is 19.8 Å². The summed E-state index contributed by atoms with van der Waals surface area (Å²) in [4.78, 5) is 0. The Kier molecular flexibility index (Phi) is 7.53. The summed E-state index contributed by atoms with van der Waals surface area (Å²) in [5.41, 5.74) is 0.752. The first kappa shape index (κ1) is 18.3. The lowest BCUT2D eigenvalue weighted by Crippen LogP contribution is -2.86. The molecule has 0 saturated carbocycles. The van der Waals surface area contributed by atoms with Gasteiger partial charge < -0.3 is 14.4 Å². The highest BCUT2D eigenvalue weighted by atomic mass is 31.2. The fourth-order valence-electron chi connectivity index (χ4n) is 2.07. The molecule has 0 heterocycles. The Balaban J connectivity index is 3.09. The van der Waals surface area contributed by atoms with Crippen LogP contribution in [0.15, 0.2) is 24.3 Å². The fraction of sp³-hybridized carbons (Fsp3) is 0.600. The normalized spacial score (nSPS) is 13.6. The Morgan fingerprint density at radius 3 is 2.10 bits per heavy atom. The predicted molar refractivity (Wildman–Crippen MR) is 81.6 cm³/mol. The van der Waals surface area contributed by atoms with Gasteiger partial charge in [0, 0.05) is 11.5 Å². The highest BCUT2D eigenvalue weighted by Crippen LogP contribution is 2.57. The molecule has 0 bridgehead atoms. The highest BCUT2D eigenvalue weighted by molar-refractivity contribution is 7.53. The third-order valence-corrected chi connectivity index (χ3v) is 5.43. The van der Waals surface area contributed by atoms with E-state index in [1.165, 1.54) is 12.1 Å². The average Bonchev–Trinajstić information content (AvgIpc) is 2.41. The SMILES string of the molecule is CCOP(=O)(OCC)C([NH2+]CC(C)C)c1ccc(F)cc1. The Hall–Kier alpha value is -0.740. The van der Waals surface area contributed by atoms with Crippen LogP contribution in [0.2, 0.25) is 0 Å². The van der Waals surface area contributed by atoms with Gasteiger partial charge in [-0.25, -0.2) is 4.39 Å². The van der Waals surface area contributed by atoms with Crippen molar-refractivity contribution >= 4 is 7.60 Å². The van der Waals surface area contributed by atoms with Crippen molar-refractivity contribution in [1.29, 1.82) is 0 Å². The molecule has 0 aliphatic heterocycles. The number of hydrogen-bond acceptors (Lipinski definition) is 3. The molecule has 1 aromatic carbocycles. The van der Waals surface area contributed by atoms with E-state index in [1.807, 2.05) is 5.32 Å². The van der Waals surface area contributed by atoms with Gasteiger partial charge in [0.25, 0.3) is 0 Å². The van der Waals surface area contributed by atoms with Gasteiger partial charge in [-0.05, 0) is 38.1 Å². The lowest BCUT2D eigenvalue weighted by Gasteiger charge is -2.25. The molecule has 1 atom stereocenters. The Morgan fingerprint density at radius 1 is 1.14 bits per heavy atom. The zero-order valence-electron chi connectivity index (χ0n) is 13.2. The molecular weight excluding hydrogens is 292 g/mol. The van der Waals surface area contributed by atoms with Crippen molar-refractivity contribution in [3.8, 4) is 0 Å². The number of rotatable bonds is 9. The minimum Gasteiger partial charge on any atom is -0.330 e. The molecule has 2 N–H and O–H groups in total. The van der Waals surface area contributed by atoms with Crippen LogP contribution in [0.5, 0.6) is 0 Å². The maximum absolute atomic E-state index is 13.1. The summed E-state index contributed by atoms with van der Waals surface area (Å²) in [6.07, 6.45) is 0. The molecule has 0 aromatic heterocycles. The van der Waals surface area contributed by atoms with E-state index in [4.69, 9.17) is 9.05 Å². The second kappa shape index (κ2) is 8.64. The Bertz CT molecular complexity index is 454. The summed E-state index contributed by atoms with van der Waals surface area (Å²) in [5.74, 6) is -0.353. The van der Waals surface area contributed by atoms with E-state index < -0.39 is 13.4 Å². The van der Waals surface area contributed by atoms with Crippen LogP contribution in [-0.4, -0.2) is 19.8 Å². The summed E-state index contributed by atoms with van der Waals surface area (Å²) in [6.45, 7) is 9.15. The Morgan fingerprint density at radius 2 is 1.67 bits per heavy atom. The summed E-state index contributed by atoms with van der Waals surface area (Å²) in [5, 5.41) is 1.96. The summed E-state index contributed by atoms with van der Waals surface area (Å²) in [6, 6.07) is 6.02. The van der Waals surface area contributed by atoms with Crippen LogP contribution in [0, 0.1) is 11.7 Å². The molecular formula is C15H26FNO3P+. The van der Waals surface area contributed by atoms with Crippen LogP contribution >= 0.6 is 7.60 Å². The molecule has 120 valence electrons. The van der Waals surface area contributed by atoms with Gasteiger partial charge in [0.05, 0.1) is 19.8 Å². The van der Waals surface area contributed by atoms with Crippen LogP contribution in [0.4, 0.5) is 4.39 Å². The first-order valence-electron chi connectivity index (χ1n) is 7.40. The molecule has 0 amide bonds. The Labute approximate surface area is 126 Å². The number of quaternary nitrogens is 1. The average molecular weight is 318 g/mol. The molecule has 0 fully saturated rings. The van der Waals surface area contributed by atoms with Crippen LogP contribution in [0.1, 0.15) is 39.0 Å². The quantitative estimate of drug-likeness (QED) is 0.711. The van der Waals surface area contributed by atoms with Gasteiger partial charge in [0.2, 0.25) is 5.78 Å². The lowest BCUT2D eigenvalue weighted by atomic mass is 10.2. The number of benzene rings is 1. The zero-order valence-corrected chi connectivity index (χ0v) is 14.1. The van der Waals surface area contributed by atoms with Gasteiger partial charge in [0.15, 0.2) is 0 Å². The van der Waals surface area contributed by atoms with Crippen LogP contribution in [0.25, 0.3) is 0 Å². The number of halogens is 1. The standard InChI is InChI=1S/C15H25FNO3P/c1-5-19-21(18,20-6-2)15(17-11-12(3)4)13-7-9-14(16)10-8-13/h7-10,12,15,17H,5-6,11H2,1-4H3/p+1. The van der Waals surface area contributed by atoms with Gasteiger partial charge in [-0.1, -0.05) is 13.8 Å². The van der Waals surface area contributed by atoms with Crippen LogP contribution in [0.3, 0.4) is 0 Å². The molecule has 0 aliphatic carbocycles. The second-order valence-electron chi connectivity index (χ2n) is 5.24. The van der Waals surface area contributed by atoms with Gasteiger partial charge >= 0.3 is 7.60 Å². The smallest absolute Gasteiger partial charge is 0.330 e. The van der Waals surface area contributed by atoms with E-state index in [2.05, 4.69) is 13.8 Å². The van der Waals surface area contributed by atoms with E-state index in [-0.39, 0.29) is 5.82 Å². The minimum atomic E-state index is -3.30. The topological polar surface area (TPSA) is 52.1 Å². The monoisotopic (exact) mass is 318 g/mol. The number of hydrogen-bond donors (Lipinski definition) is 1. The first-order valence-corrected chi connectivity index (χ1v) is 9.01. The highest BCUT2D eigenvalue weighted by Gasteiger charge is 2.40. The van der Waals surface area contributed by atoms with Crippen molar-refractivity contribution in [3.05, 3.63) is 35.6 Å². The third kappa shape index (κ3) is 5.51. The maximum Gasteiger partial charge on any atom is 0.392 e. The molecule has 0 radical (unpaired) electrons. The van der Waals surface area contributed by atoms with E-state index in [0.29, 0.717) is 19.1 Å². The van der Waals surface area contributed by atoms with Crippen LogP contribution in [-0.2, 0) is 13.6 Å². The van der Waals surface area contributed by atoms with E-state index >= 15 is 0 Å². The summed E-state index contributed by atoms with van der Waals surface area (Å²) >= 11 is 0. The van der Waals surface area contributed by atoms with E-state index in [0.717, 1.165) is 12.1 Å². The molecule has 6 heteroatoms. The van der Waals surface area contributed by atoms with Crippen molar-refractivity contribution in [3.63, 3.8) is 0 Å². The van der Waals surface area contributed by atoms with Gasteiger partial charge in [-0.2, -0.15) is 0 Å². The second-order valence-corrected chi connectivity index (χ2v) is 7.39. The lowest BCUT2D eigenvalue weighted by molar-refractivity contribution is -0.682. The minimum absolute atomic E-state index is 0.310. The summed E-state index contributed by atoms with van der Waals surface area (Å²) in [7, 11) is -3.30. The van der Waals surface area contributed by atoms with Gasteiger partial charge in [-0.15, -0.1) is 0 Å². The molecule has 1 aromatic rings. The molecule has 1 rings (SSSR count). The van der Waals surface area contributed by atoms with Crippen molar-refractivity contribution in [1.82, 2.24) is 0 Å². The van der Waals surface area contributed by atoms with Crippen molar-refractivity contribution in [2.24, 2.45) is 5.92 Å². The molecule has 4 nitrogen and oxygen atoms in total. The molecule has 1 unspecified atom stereocenters. The number of nitrogens with two attached hydrogens (primary N) is 1. The van der Waals surface area contributed by atoms with Crippen LogP contribution < -0.4 is 5.32 Å². The zero-order chi connectivity index (χ0) is 15.9. The molecule has 0 aliphatic rings. The van der Waals surface area contributed by atoms with E-state index in [9.17, 15) is 8.96 Å². The molecule has 21 heavy (non-hydrogen) atoms. The van der Waals surface area contributed by atoms with Crippen molar-refractivity contribution < 1.29 is 23.3 Å². The molecule has 0 spiro atoms. The van der Waals surface area contributed by atoms with Crippen molar-refractivity contribution in [2.45, 2.75) is 33.5 Å². The fourth-order valence-corrected chi connectivity index (χ4v) is 4.10.